The maximum absolute atomic E-state index is 6.00. The average Bonchev–Trinajstić information content (AvgIpc) is 3.19. The molecule has 3 N–H and O–H groups in total. The summed E-state index contributed by atoms with van der Waals surface area (Å²) in [7, 11) is 3.33. The molecule has 2 aromatic carbocycles. The molecule has 7 nitrogen and oxygen atoms in total. The molecule has 2 atom stereocenters. The molecule has 0 saturated carbocycles. The Morgan fingerprint density at radius 1 is 1.09 bits per heavy atom. The largest absolute Gasteiger partial charge is 0.497 e. The summed E-state index contributed by atoms with van der Waals surface area (Å²) in [6.07, 6.45) is 3.02. The zero-order valence-electron chi connectivity index (χ0n) is 20.3. The van der Waals surface area contributed by atoms with Gasteiger partial charge in [-0.05, 0) is 56.9 Å². The summed E-state index contributed by atoms with van der Waals surface area (Å²) in [5, 5.41) is 3.55. The van der Waals surface area contributed by atoms with Crippen LogP contribution in [0.15, 0.2) is 42.5 Å². The van der Waals surface area contributed by atoms with Gasteiger partial charge in [0.15, 0.2) is 5.79 Å². The first-order valence-corrected chi connectivity index (χ1v) is 11.6. The predicted octanol–water partition coefficient (Wildman–Crippen LogP) is 3.67. The molecule has 182 valence electrons. The topological polar surface area (TPSA) is 84.2 Å². The van der Waals surface area contributed by atoms with Gasteiger partial charge in [0.1, 0.15) is 30.0 Å². The highest BCUT2D eigenvalue weighted by molar-refractivity contribution is 5.40. The van der Waals surface area contributed by atoms with Crippen molar-refractivity contribution in [3.05, 3.63) is 53.6 Å². The van der Waals surface area contributed by atoms with Gasteiger partial charge in [0.25, 0.3) is 0 Å². The monoisotopic (exact) mass is 458 g/mol. The predicted molar refractivity (Wildman–Crippen MR) is 129 cm³/mol. The van der Waals surface area contributed by atoms with E-state index in [1.165, 1.54) is 5.56 Å². The van der Waals surface area contributed by atoms with E-state index >= 15 is 0 Å². The molecule has 1 fully saturated rings. The van der Waals surface area contributed by atoms with Crippen LogP contribution < -0.4 is 25.3 Å². The molecular weight excluding hydrogens is 420 g/mol. The molecule has 1 aliphatic rings. The first-order valence-electron chi connectivity index (χ1n) is 11.6. The zero-order valence-corrected chi connectivity index (χ0v) is 20.3. The van der Waals surface area contributed by atoms with Crippen molar-refractivity contribution in [1.82, 2.24) is 5.32 Å². The molecule has 1 aliphatic heterocycles. The average molecular weight is 459 g/mol. The van der Waals surface area contributed by atoms with Crippen molar-refractivity contribution >= 4 is 0 Å². The number of aryl methyl sites for hydroxylation is 1. The van der Waals surface area contributed by atoms with E-state index in [0.717, 1.165) is 42.1 Å². The second-order valence-corrected chi connectivity index (χ2v) is 8.79. The van der Waals surface area contributed by atoms with Crippen LogP contribution in [0.3, 0.4) is 0 Å². The number of nitrogens with one attached hydrogen (secondary N) is 1. The summed E-state index contributed by atoms with van der Waals surface area (Å²) >= 11 is 0. The Morgan fingerprint density at radius 2 is 1.85 bits per heavy atom. The van der Waals surface area contributed by atoms with Gasteiger partial charge in [-0.25, -0.2) is 0 Å². The molecule has 1 unspecified atom stereocenters. The third-order valence-corrected chi connectivity index (χ3v) is 5.80. The lowest BCUT2D eigenvalue weighted by atomic mass is 10.0. The SMILES string of the molecule is COc1ccc(CNC(CN)CCCc2ccc(OC[C@@H]3COC(C)(C)O3)cc2)c(OC)c1. The van der Waals surface area contributed by atoms with Gasteiger partial charge in [0.05, 0.1) is 20.8 Å². The van der Waals surface area contributed by atoms with E-state index in [9.17, 15) is 0 Å². The van der Waals surface area contributed by atoms with Crippen LogP contribution >= 0.6 is 0 Å². The fourth-order valence-electron chi connectivity index (χ4n) is 3.89. The van der Waals surface area contributed by atoms with E-state index in [2.05, 4.69) is 17.4 Å². The lowest BCUT2D eigenvalue weighted by molar-refractivity contribution is -0.141. The Balaban J connectivity index is 1.39. The van der Waals surface area contributed by atoms with Crippen LogP contribution in [0.2, 0.25) is 0 Å². The van der Waals surface area contributed by atoms with E-state index < -0.39 is 5.79 Å². The van der Waals surface area contributed by atoms with Gasteiger partial charge in [-0.3, -0.25) is 0 Å². The number of nitrogens with two attached hydrogens (primary N) is 1. The van der Waals surface area contributed by atoms with E-state index in [4.69, 9.17) is 29.4 Å². The van der Waals surface area contributed by atoms with Crippen LogP contribution in [0, 0.1) is 0 Å². The Bertz CT molecular complexity index is 856. The van der Waals surface area contributed by atoms with E-state index in [1.807, 2.05) is 44.2 Å². The molecule has 0 aromatic heterocycles. The second-order valence-electron chi connectivity index (χ2n) is 8.79. The Morgan fingerprint density at radius 3 is 2.48 bits per heavy atom. The highest BCUT2D eigenvalue weighted by atomic mass is 16.7. The summed E-state index contributed by atoms with van der Waals surface area (Å²) in [6, 6.07) is 14.4. The lowest BCUT2D eigenvalue weighted by Crippen LogP contribution is -2.35. The van der Waals surface area contributed by atoms with Crippen LogP contribution in [-0.2, 0) is 22.4 Å². The van der Waals surface area contributed by atoms with Gasteiger partial charge >= 0.3 is 0 Å². The third kappa shape index (κ3) is 7.89. The molecule has 0 spiro atoms. The van der Waals surface area contributed by atoms with Crippen molar-refractivity contribution in [2.24, 2.45) is 5.73 Å². The summed E-state index contributed by atoms with van der Waals surface area (Å²) in [5.41, 5.74) is 8.38. The van der Waals surface area contributed by atoms with Crippen molar-refractivity contribution in [3.8, 4) is 17.2 Å². The molecule has 0 amide bonds. The second kappa shape index (κ2) is 12.2. The van der Waals surface area contributed by atoms with Crippen molar-refractivity contribution < 1.29 is 23.7 Å². The van der Waals surface area contributed by atoms with E-state index in [1.54, 1.807) is 14.2 Å². The fourth-order valence-corrected chi connectivity index (χ4v) is 3.89. The van der Waals surface area contributed by atoms with Crippen LogP contribution in [0.25, 0.3) is 0 Å². The van der Waals surface area contributed by atoms with Gasteiger partial charge in [-0.15, -0.1) is 0 Å². The smallest absolute Gasteiger partial charge is 0.163 e. The first kappa shape index (κ1) is 25.3. The normalized spacial score (nSPS) is 18.2. The molecule has 2 aromatic rings. The molecule has 0 radical (unpaired) electrons. The van der Waals surface area contributed by atoms with Crippen molar-refractivity contribution in [3.63, 3.8) is 0 Å². The molecule has 1 heterocycles. The van der Waals surface area contributed by atoms with Crippen molar-refractivity contribution in [1.29, 1.82) is 0 Å². The minimum absolute atomic E-state index is 0.0294. The summed E-state index contributed by atoms with van der Waals surface area (Å²) in [5.74, 6) is 1.93. The molecule has 33 heavy (non-hydrogen) atoms. The van der Waals surface area contributed by atoms with Gasteiger partial charge in [-0.2, -0.15) is 0 Å². The van der Waals surface area contributed by atoms with Crippen LogP contribution in [0.4, 0.5) is 0 Å². The van der Waals surface area contributed by atoms with Gasteiger partial charge < -0.3 is 34.7 Å². The Kier molecular flexibility index (Phi) is 9.38. The quantitative estimate of drug-likeness (QED) is 0.474. The molecule has 0 aliphatic carbocycles. The fraction of sp³-hybridized carbons (Fsp3) is 0.538. The number of hydrogen-bond acceptors (Lipinski definition) is 7. The maximum atomic E-state index is 6.00. The molecule has 7 heteroatoms. The van der Waals surface area contributed by atoms with E-state index in [-0.39, 0.29) is 12.1 Å². The van der Waals surface area contributed by atoms with Gasteiger partial charge in [-0.1, -0.05) is 18.2 Å². The maximum Gasteiger partial charge on any atom is 0.163 e. The first-order chi connectivity index (χ1) is 15.9. The van der Waals surface area contributed by atoms with Crippen molar-refractivity contribution in [2.75, 3.05) is 34.0 Å². The standard InChI is InChI=1S/C26H38N2O5/c1-26(2)32-18-24(33-26)17-31-22-11-8-19(9-12-22)6-5-7-21(15-27)28-16-20-10-13-23(29-3)14-25(20)30-4/h8-14,21,24,28H,5-7,15-18,27H2,1-4H3/t21?,24-/m1/s1. The number of hydrogen-bond donors (Lipinski definition) is 2. The van der Waals surface area contributed by atoms with Gasteiger partial charge in [0.2, 0.25) is 0 Å². The number of rotatable bonds is 13. The highest BCUT2D eigenvalue weighted by Gasteiger charge is 2.32. The summed E-state index contributed by atoms with van der Waals surface area (Å²) in [6.45, 7) is 6.19. The number of methoxy groups -OCH3 is 2. The van der Waals surface area contributed by atoms with E-state index in [0.29, 0.717) is 26.3 Å². The zero-order chi connectivity index (χ0) is 23.7. The van der Waals surface area contributed by atoms with Crippen molar-refractivity contribution in [2.45, 2.75) is 57.6 Å². The Labute approximate surface area is 197 Å². The Hall–Kier alpha value is -2.32. The van der Waals surface area contributed by atoms with Crippen LogP contribution in [-0.4, -0.2) is 51.9 Å². The molecule has 3 rings (SSSR count). The number of benzene rings is 2. The highest BCUT2D eigenvalue weighted by Crippen LogP contribution is 2.25. The number of ether oxygens (including phenoxy) is 5. The molecular formula is C26H38N2O5. The molecule has 0 bridgehead atoms. The minimum Gasteiger partial charge on any atom is -0.497 e. The van der Waals surface area contributed by atoms with Crippen LogP contribution in [0.5, 0.6) is 17.2 Å². The molecule has 1 saturated heterocycles. The minimum atomic E-state index is -0.519. The van der Waals surface area contributed by atoms with Gasteiger partial charge in [0, 0.05) is 30.8 Å². The summed E-state index contributed by atoms with van der Waals surface area (Å²) < 4.78 is 28.0. The lowest BCUT2D eigenvalue weighted by Gasteiger charge is -2.18. The third-order valence-electron chi connectivity index (χ3n) is 5.80. The summed E-state index contributed by atoms with van der Waals surface area (Å²) in [4.78, 5) is 0. The van der Waals surface area contributed by atoms with Crippen LogP contribution in [0.1, 0.15) is 37.8 Å².